The molecule has 1 aliphatic heterocycles. The largest absolute Gasteiger partial charge is 0.487 e. The Labute approximate surface area is 124 Å². The number of hydrogen-bond donors (Lipinski definition) is 2. The summed E-state index contributed by atoms with van der Waals surface area (Å²) in [7, 11) is 1.97. The second kappa shape index (κ2) is 5.97. The molecule has 0 spiro atoms. The molecule has 6 heteroatoms. The molecule has 3 rings (SSSR count). The summed E-state index contributed by atoms with van der Waals surface area (Å²) in [6.07, 6.45) is 0. The van der Waals surface area contributed by atoms with Gasteiger partial charge in [0, 0.05) is 25.2 Å². The molecule has 0 aliphatic carbocycles. The van der Waals surface area contributed by atoms with Gasteiger partial charge in [0.2, 0.25) is 5.95 Å². The van der Waals surface area contributed by atoms with Gasteiger partial charge >= 0.3 is 0 Å². The van der Waals surface area contributed by atoms with Crippen molar-refractivity contribution in [1.29, 1.82) is 0 Å². The highest BCUT2D eigenvalue weighted by Crippen LogP contribution is 2.20. The summed E-state index contributed by atoms with van der Waals surface area (Å²) >= 11 is 0. The number of anilines is 2. The summed E-state index contributed by atoms with van der Waals surface area (Å²) in [4.78, 5) is 10.7. The molecular formula is C15H19N5O. The molecule has 2 aromatic rings. The average molecular weight is 285 g/mol. The number of nitrogens with zero attached hydrogens (tertiary/aromatic N) is 3. The lowest BCUT2D eigenvalue weighted by atomic mass is 10.1. The van der Waals surface area contributed by atoms with E-state index in [1.807, 2.05) is 43.4 Å². The molecule has 1 fully saturated rings. The lowest BCUT2D eigenvalue weighted by Crippen LogP contribution is -2.57. The van der Waals surface area contributed by atoms with Crippen LogP contribution < -0.4 is 20.7 Å². The van der Waals surface area contributed by atoms with Crippen LogP contribution in [-0.4, -0.2) is 36.1 Å². The number of nitrogens with two attached hydrogens (primary N) is 1. The van der Waals surface area contributed by atoms with E-state index < -0.39 is 0 Å². The highest BCUT2D eigenvalue weighted by Gasteiger charge is 2.26. The average Bonchev–Trinajstić information content (AvgIpc) is 2.45. The first-order chi connectivity index (χ1) is 10.2. The van der Waals surface area contributed by atoms with Gasteiger partial charge in [-0.25, -0.2) is 4.98 Å². The number of ether oxygens (including phenoxy) is 1. The number of likely N-dealkylation sites (N-methyl/N-ethyl adjacent to an activating group) is 1. The number of para-hydroxylation sites is 1. The van der Waals surface area contributed by atoms with E-state index in [4.69, 9.17) is 10.5 Å². The third-order valence-corrected chi connectivity index (χ3v) is 3.53. The van der Waals surface area contributed by atoms with Crippen LogP contribution in [0.2, 0.25) is 0 Å². The highest BCUT2D eigenvalue weighted by atomic mass is 16.5. The monoisotopic (exact) mass is 285 g/mol. The number of hydrogen-bond acceptors (Lipinski definition) is 6. The third-order valence-electron chi connectivity index (χ3n) is 3.53. The van der Waals surface area contributed by atoms with E-state index in [9.17, 15) is 0 Å². The molecule has 0 saturated carbocycles. The first-order valence-electron chi connectivity index (χ1n) is 6.98. The normalized spacial score (nSPS) is 14.8. The molecule has 0 radical (unpaired) electrons. The summed E-state index contributed by atoms with van der Waals surface area (Å²) in [5, 5.41) is 3.24. The fourth-order valence-corrected chi connectivity index (χ4v) is 2.26. The minimum Gasteiger partial charge on any atom is -0.487 e. The predicted octanol–water partition coefficient (Wildman–Crippen LogP) is 1.05. The van der Waals surface area contributed by atoms with Crippen LogP contribution in [-0.2, 0) is 6.61 Å². The van der Waals surface area contributed by atoms with E-state index in [-0.39, 0.29) is 5.95 Å². The molecule has 0 amide bonds. The van der Waals surface area contributed by atoms with E-state index in [1.54, 1.807) is 0 Å². The molecular weight excluding hydrogens is 266 g/mol. The Morgan fingerprint density at radius 2 is 2.05 bits per heavy atom. The lowest BCUT2D eigenvalue weighted by Gasteiger charge is -2.40. The minimum absolute atomic E-state index is 0.284. The molecule has 21 heavy (non-hydrogen) atoms. The van der Waals surface area contributed by atoms with Gasteiger partial charge in [-0.2, -0.15) is 4.98 Å². The topological polar surface area (TPSA) is 76.3 Å². The SMILES string of the molecule is CNC1CN(c2cc(COc3ccccc3)nc(N)n2)C1. The lowest BCUT2D eigenvalue weighted by molar-refractivity contribution is 0.301. The summed E-state index contributed by atoms with van der Waals surface area (Å²) in [5.74, 6) is 1.96. The van der Waals surface area contributed by atoms with Crippen molar-refractivity contribution in [2.24, 2.45) is 0 Å². The van der Waals surface area contributed by atoms with Crippen molar-refractivity contribution in [3.63, 3.8) is 0 Å². The fraction of sp³-hybridized carbons (Fsp3) is 0.333. The van der Waals surface area contributed by atoms with Gasteiger partial charge < -0.3 is 20.7 Å². The van der Waals surface area contributed by atoms with E-state index >= 15 is 0 Å². The van der Waals surface area contributed by atoms with Crippen LogP contribution in [0.5, 0.6) is 5.75 Å². The molecule has 1 aliphatic rings. The van der Waals surface area contributed by atoms with E-state index in [2.05, 4.69) is 20.2 Å². The van der Waals surface area contributed by atoms with Crippen LogP contribution in [0.3, 0.4) is 0 Å². The zero-order valence-corrected chi connectivity index (χ0v) is 12.0. The number of nitrogen functional groups attached to an aromatic ring is 1. The van der Waals surface area contributed by atoms with E-state index in [1.165, 1.54) is 0 Å². The van der Waals surface area contributed by atoms with Gasteiger partial charge in [-0.3, -0.25) is 0 Å². The zero-order chi connectivity index (χ0) is 14.7. The number of nitrogens with one attached hydrogen (secondary N) is 1. The maximum absolute atomic E-state index is 5.79. The molecule has 0 bridgehead atoms. The number of rotatable bonds is 5. The summed E-state index contributed by atoms with van der Waals surface area (Å²) in [5.41, 5.74) is 6.58. The minimum atomic E-state index is 0.284. The van der Waals surface area contributed by atoms with Gasteiger partial charge in [0.15, 0.2) is 0 Å². The van der Waals surface area contributed by atoms with Crippen LogP contribution in [0.4, 0.5) is 11.8 Å². The Morgan fingerprint density at radius 1 is 1.29 bits per heavy atom. The van der Waals surface area contributed by atoms with Gasteiger partial charge in [0.25, 0.3) is 0 Å². The molecule has 1 aromatic heterocycles. The fourth-order valence-electron chi connectivity index (χ4n) is 2.26. The van der Waals surface area contributed by atoms with Gasteiger partial charge in [-0.15, -0.1) is 0 Å². The molecule has 110 valence electrons. The molecule has 2 heterocycles. The Balaban J connectivity index is 1.67. The summed E-state index contributed by atoms with van der Waals surface area (Å²) in [6.45, 7) is 2.25. The second-order valence-corrected chi connectivity index (χ2v) is 5.07. The molecule has 6 nitrogen and oxygen atoms in total. The maximum atomic E-state index is 5.79. The third kappa shape index (κ3) is 3.22. The van der Waals surface area contributed by atoms with Crippen LogP contribution >= 0.6 is 0 Å². The van der Waals surface area contributed by atoms with Crippen molar-refractivity contribution in [3.8, 4) is 5.75 Å². The quantitative estimate of drug-likeness (QED) is 0.855. The zero-order valence-electron chi connectivity index (χ0n) is 12.0. The number of benzene rings is 1. The van der Waals surface area contributed by atoms with Gasteiger partial charge in [0.1, 0.15) is 18.2 Å². The smallest absolute Gasteiger partial charge is 0.222 e. The van der Waals surface area contributed by atoms with E-state index in [0.717, 1.165) is 30.4 Å². The highest BCUT2D eigenvalue weighted by molar-refractivity contribution is 5.46. The van der Waals surface area contributed by atoms with Crippen molar-refractivity contribution >= 4 is 11.8 Å². The van der Waals surface area contributed by atoms with Gasteiger partial charge in [-0.1, -0.05) is 18.2 Å². The molecule has 0 unspecified atom stereocenters. The predicted molar refractivity (Wildman–Crippen MR) is 82.3 cm³/mol. The van der Waals surface area contributed by atoms with Crippen molar-refractivity contribution in [2.45, 2.75) is 12.6 Å². The molecule has 1 aromatic carbocycles. The Bertz CT molecular complexity index is 598. The Kier molecular flexibility index (Phi) is 3.87. The van der Waals surface area contributed by atoms with Crippen molar-refractivity contribution < 1.29 is 4.74 Å². The Morgan fingerprint density at radius 3 is 2.76 bits per heavy atom. The summed E-state index contributed by atoms with van der Waals surface area (Å²) in [6, 6.07) is 12.1. The van der Waals surface area contributed by atoms with Crippen LogP contribution in [0.15, 0.2) is 36.4 Å². The van der Waals surface area contributed by atoms with Crippen LogP contribution in [0.25, 0.3) is 0 Å². The second-order valence-electron chi connectivity index (χ2n) is 5.07. The van der Waals surface area contributed by atoms with Crippen LogP contribution in [0, 0.1) is 0 Å². The van der Waals surface area contributed by atoms with E-state index in [0.29, 0.717) is 12.6 Å². The van der Waals surface area contributed by atoms with Gasteiger partial charge in [0.05, 0.1) is 5.69 Å². The summed E-state index contributed by atoms with van der Waals surface area (Å²) < 4.78 is 5.70. The molecule has 1 saturated heterocycles. The first kappa shape index (κ1) is 13.6. The molecule has 0 atom stereocenters. The maximum Gasteiger partial charge on any atom is 0.222 e. The van der Waals surface area contributed by atoms with Gasteiger partial charge in [-0.05, 0) is 19.2 Å². The number of aromatic nitrogens is 2. The Hall–Kier alpha value is -2.34. The standard InChI is InChI=1S/C15H19N5O/c1-17-12-8-20(9-12)14-7-11(18-15(16)19-14)10-21-13-5-3-2-4-6-13/h2-7,12,17H,8-10H2,1H3,(H2,16,18,19). The molecule has 3 N–H and O–H groups in total. The van der Waals surface area contributed by atoms with Crippen LogP contribution in [0.1, 0.15) is 5.69 Å². The van der Waals surface area contributed by atoms with Crippen molar-refractivity contribution in [3.05, 3.63) is 42.1 Å². The van der Waals surface area contributed by atoms with Crippen molar-refractivity contribution in [2.75, 3.05) is 30.8 Å². The van der Waals surface area contributed by atoms with Crippen molar-refractivity contribution in [1.82, 2.24) is 15.3 Å². The first-order valence-corrected chi connectivity index (χ1v) is 6.98.